The summed E-state index contributed by atoms with van der Waals surface area (Å²) in [4.78, 5) is 28.6. The van der Waals surface area contributed by atoms with Gasteiger partial charge in [0, 0.05) is 29.0 Å². The molecule has 2 aliphatic rings. The van der Waals surface area contributed by atoms with Crippen molar-refractivity contribution in [1.29, 1.82) is 0 Å². The van der Waals surface area contributed by atoms with Gasteiger partial charge in [-0.1, -0.05) is 39.2 Å². The van der Waals surface area contributed by atoms with Gasteiger partial charge in [0.15, 0.2) is 0 Å². The van der Waals surface area contributed by atoms with Gasteiger partial charge in [-0.15, -0.1) is 11.3 Å². The Balaban J connectivity index is 1.49. The van der Waals surface area contributed by atoms with Gasteiger partial charge in [-0.2, -0.15) is 0 Å². The molecule has 236 valence electrons. The molecular weight excluding hydrogens is 562 g/mol. The molecule has 0 aromatic carbocycles. The Labute approximate surface area is 251 Å². The number of unbranched alkanes of at least 4 members (excludes halogenated alkanes) is 2. The zero-order valence-corrected chi connectivity index (χ0v) is 25.4. The van der Waals surface area contributed by atoms with E-state index in [9.17, 15) is 35.1 Å². The summed E-state index contributed by atoms with van der Waals surface area (Å²) in [5.74, 6) is -0.377. The van der Waals surface area contributed by atoms with E-state index in [1.807, 2.05) is 23.1 Å². The van der Waals surface area contributed by atoms with Crippen LogP contribution in [0.4, 0.5) is 0 Å². The number of aliphatic hydroxyl groups excluding tert-OH is 6. The van der Waals surface area contributed by atoms with Crippen LogP contribution in [0.3, 0.4) is 0 Å². The number of hydrogen-bond donors (Lipinski definition) is 6. The fraction of sp³-hybridized carbons (Fsp3) is 0.677. The van der Waals surface area contributed by atoms with Crippen molar-refractivity contribution in [1.82, 2.24) is 4.90 Å². The first-order valence-electron chi connectivity index (χ1n) is 15.1. The number of aryl methyl sites for hydroxylation is 1. The Hall–Kier alpha value is -2.12. The van der Waals surface area contributed by atoms with Gasteiger partial charge >= 0.3 is 5.97 Å². The number of esters is 1. The lowest BCUT2D eigenvalue weighted by Crippen LogP contribution is -2.47. The molecule has 3 rings (SSSR count). The molecule has 10 nitrogen and oxygen atoms in total. The molecule has 7 atom stereocenters. The highest BCUT2D eigenvalue weighted by Crippen LogP contribution is 2.36. The van der Waals surface area contributed by atoms with Crippen LogP contribution in [0.15, 0.2) is 35.6 Å². The monoisotopic (exact) mass is 609 g/mol. The van der Waals surface area contributed by atoms with Gasteiger partial charge in [0.1, 0.15) is 35.9 Å². The van der Waals surface area contributed by atoms with Gasteiger partial charge < -0.3 is 40.3 Å². The summed E-state index contributed by atoms with van der Waals surface area (Å²) in [6, 6.07) is 3.60. The maximum absolute atomic E-state index is 12.9. The molecular formula is C31H47NO9S. The summed E-state index contributed by atoms with van der Waals surface area (Å²) < 4.78 is 5.06. The zero-order chi connectivity index (χ0) is 30.8. The lowest BCUT2D eigenvalue weighted by Gasteiger charge is -2.34. The standard InChI is InChI=1S/C31H47NO9S/c1-3-4-5-9-24(34)20-10-13-23(19(2)16-20)32-21(11-15-28(32)37)7-6-8-22-12-14-27(42-22)31(40)41-18-26(36)30(39)29(38)25(35)17-33/h10,12-14,19,21,24-26,29-30,33-36,38-39H,3-9,11,15-18H2,1-2H3/t19?,21-,24-,25+,26+,29-,30-/m0/s1. The molecule has 0 bridgehead atoms. The van der Waals surface area contributed by atoms with Crippen molar-refractivity contribution in [3.63, 3.8) is 0 Å². The average Bonchev–Trinajstić information content (AvgIpc) is 3.61. The number of nitrogens with zero attached hydrogens (tertiary/aromatic N) is 1. The molecule has 1 saturated heterocycles. The number of rotatable bonds is 17. The molecule has 1 aliphatic carbocycles. The van der Waals surface area contributed by atoms with Crippen molar-refractivity contribution < 1.29 is 45.0 Å². The van der Waals surface area contributed by atoms with E-state index in [2.05, 4.69) is 13.8 Å². The van der Waals surface area contributed by atoms with Crippen LogP contribution in [-0.4, -0.2) is 97.2 Å². The fourth-order valence-electron chi connectivity index (χ4n) is 5.62. The fourth-order valence-corrected chi connectivity index (χ4v) is 6.56. The Morgan fingerprint density at radius 2 is 1.81 bits per heavy atom. The predicted octanol–water partition coefficient (Wildman–Crippen LogP) is 2.45. The topological polar surface area (TPSA) is 168 Å². The third kappa shape index (κ3) is 9.19. The Bertz CT molecular complexity index is 1090. The van der Waals surface area contributed by atoms with Crippen LogP contribution in [-0.2, 0) is 16.0 Å². The second-order valence-electron chi connectivity index (χ2n) is 11.5. The van der Waals surface area contributed by atoms with Crippen molar-refractivity contribution in [3.8, 4) is 0 Å². The third-order valence-corrected chi connectivity index (χ3v) is 9.29. The summed E-state index contributed by atoms with van der Waals surface area (Å²) in [5, 5.41) is 58.4. The molecule has 42 heavy (non-hydrogen) atoms. The number of likely N-dealkylation sites (tertiary alicyclic amines) is 1. The van der Waals surface area contributed by atoms with Crippen molar-refractivity contribution in [2.45, 2.75) is 115 Å². The number of ether oxygens (including phenoxy) is 1. The normalized spacial score (nSPS) is 22.8. The second-order valence-corrected chi connectivity index (χ2v) is 12.6. The minimum atomic E-state index is -1.80. The van der Waals surface area contributed by atoms with Crippen LogP contribution in [0, 0.1) is 5.92 Å². The van der Waals surface area contributed by atoms with Crippen LogP contribution in [0.1, 0.15) is 86.2 Å². The number of aliphatic hydroxyl groups is 6. The maximum Gasteiger partial charge on any atom is 0.348 e. The predicted molar refractivity (Wildman–Crippen MR) is 159 cm³/mol. The molecule has 1 aromatic rings. The molecule has 1 aliphatic heterocycles. The van der Waals surface area contributed by atoms with E-state index in [0.717, 1.165) is 73.9 Å². The third-order valence-electron chi connectivity index (χ3n) is 8.16. The Morgan fingerprint density at radius 1 is 1.07 bits per heavy atom. The van der Waals surface area contributed by atoms with Gasteiger partial charge in [-0.05, 0) is 62.3 Å². The van der Waals surface area contributed by atoms with E-state index in [1.54, 1.807) is 6.07 Å². The Morgan fingerprint density at radius 3 is 2.50 bits per heavy atom. The summed E-state index contributed by atoms with van der Waals surface area (Å²) >= 11 is 1.27. The minimum absolute atomic E-state index is 0.118. The number of carbonyl (C=O) groups is 2. The molecule has 11 heteroatoms. The van der Waals surface area contributed by atoms with Crippen molar-refractivity contribution in [2.75, 3.05) is 13.2 Å². The van der Waals surface area contributed by atoms with E-state index in [4.69, 9.17) is 9.84 Å². The first-order valence-corrected chi connectivity index (χ1v) is 15.9. The number of allylic oxidation sites excluding steroid dienone is 3. The number of carbonyl (C=O) groups excluding carboxylic acids is 2. The molecule has 0 saturated carbocycles. The average molecular weight is 610 g/mol. The van der Waals surface area contributed by atoms with Crippen LogP contribution >= 0.6 is 11.3 Å². The molecule has 1 amide bonds. The molecule has 0 radical (unpaired) electrons. The van der Waals surface area contributed by atoms with Crippen LogP contribution in [0.2, 0.25) is 0 Å². The van der Waals surface area contributed by atoms with E-state index >= 15 is 0 Å². The van der Waals surface area contributed by atoms with E-state index < -0.39 is 49.7 Å². The molecule has 1 fully saturated rings. The zero-order valence-electron chi connectivity index (χ0n) is 24.6. The molecule has 2 heterocycles. The first-order chi connectivity index (χ1) is 20.1. The highest BCUT2D eigenvalue weighted by atomic mass is 32.1. The van der Waals surface area contributed by atoms with Crippen LogP contribution < -0.4 is 0 Å². The first kappa shape index (κ1) is 34.4. The number of hydrogen-bond acceptors (Lipinski definition) is 10. The van der Waals surface area contributed by atoms with E-state index in [1.165, 1.54) is 11.3 Å². The molecule has 1 unspecified atom stereocenters. The lowest BCUT2D eigenvalue weighted by atomic mass is 9.87. The quantitative estimate of drug-likeness (QED) is 0.115. The SMILES string of the molecule is CCCCC[C@H](O)C1=CC=C(N2C(=O)CC[C@@H]2CCCc2ccc(C(=O)OC[C@@H](O)[C@H](O)[C@@H](O)[C@H](O)CO)s2)C(C)C1. The van der Waals surface area contributed by atoms with Crippen LogP contribution in [0.5, 0.6) is 0 Å². The largest absolute Gasteiger partial charge is 0.459 e. The molecule has 6 N–H and O–H groups in total. The van der Waals surface area contributed by atoms with E-state index in [-0.39, 0.29) is 17.9 Å². The van der Waals surface area contributed by atoms with Crippen molar-refractivity contribution >= 4 is 23.2 Å². The van der Waals surface area contributed by atoms with Gasteiger partial charge in [-0.25, -0.2) is 4.79 Å². The summed E-state index contributed by atoms with van der Waals surface area (Å²) in [6.45, 7) is 2.88. The summed E-state index contributed by atoms with van der Waals surface area (Å²) in [7, 11) is 0. The molecule has 0 spiro atoms. The van der Waals surface area contributed by atoms with Gasteiger partial charge in [0.05, 0.1) is 12.7 Å². The summed E-state index contributed by atoms with van der Waals surface area (Å²) in [6.07, 6.45) is 5.22. The molecule has 1 aromatic heterocycles. The number of amides is 1. The minimum Gasteiger partial charge on any atom is -0.459 e. The van der Waals surface area contributed by atoms with Gasteiger partial charge in [0.2, 0.25) is 5.91 Å². The van der Waals surface area contributed by atoms with Crippen molar-refractivity contribution in [3.05, 3.63) is 45.3 Å². The number of thiophene rings is 1. The van der Waals surface area contributed by atoms with Crippen molar-refractivity contribution in [2.24, 2.45) is 5.92 Å². The highest BCUT2D eigenvalue weighted by Gasteiger charge is 2.36. The summed E-state index contributed by atoms with van der Waals surface area (Å²) in [5.41, 5.74) is 2.07. The second kappa shape index (κ2) is 16.7. The lowest BCUT2D eigenvalue weighted by molar-refractivity contribution is -0.127. The Kier molecular flexibility index (Phi) is 13.6. The van der Waals surface area contributed by atoms with Gasteiger partial charge in [-0.3, -0.25) is 4.79 Å². The van der Waals surface area contributed by atoms with Gasteiger partial charge in [0.25, 0.3) is 0 Å². The maximum atomic E-state index is 12.9. The highest BCUT2D eigenvalue weighted by molar-refractivity contribution is 7.13. The van der Waals surface area contributed by atoms with Crippen LogP contribution in [0.25, 0.3) is 0 Å². The smallest absolute Gasteiger partial charge is 0.348 e. The van der Waals surface area contributed by atoms with E-state index in [0.29, 0.717) is 11.3 Å².